The number of non-ortho nitro benzene ring substituents is 1. The van der Waals surface area contributed by atoms with Gasteiger partial charge in [0.25, 0.3) is 17.2 Å². The number of aryl methyl sites for hydroxylation is 2. The Labute approximate surface area is 188 Å². The van der Waals surface area contributed by atoms with Crippen LogP contribution in [0.4, 0.5) is 5.69 Å². The number of fused-ring (bicyclic) bond motifs is 1. The highest BCUT2D eigenvalue weighted by atomic mass is 16.6. The van der Waals surface area contributed by atoms with E-state index in [-0.39, 0.29) is 23.7 Å². The van der Waals surface area contributed by atoms with E-state index in [0.717, 1.165) is 11.1 Å². The number of nitrogens with one attached hydrogen (secondary N) is 1. The summed E-state index contributed by atoms with van der Waals surface area (Å²) in [5.74, 6) is -0.179. The molecule has 1 N–H and O–H groups in total. The van der Waals surface area contributed by atoms with Crippen molar-refractivity contribution in [2.45, 2.75) is 26.9 Å². The second-order valence-electron chi connectivity index (χ2n) is 7.76. The molecule has 0 unspecified atom stereocenters. The Morgan fingerprint density at radius 3 is 2.73 bits per heavy atom. The highest BCUT2D eigenvalue weighted by Crippen LogP contribution is 2.14. The molecule has 0 saturated heterocycles. The van der Waals surface area contributed by atoms with E-state index in [0.29, 0.717) is 35.2 Å². The lowest BCUT2D eigenvalue weighted by Gasteiger charge is -2.08. The molecule has 0 aliphatic heterocycles. The summed E-state index contributed by atoms with van der Waals surface area (Å²) < 4.78 is 2.95. The van der Waals surface area contributed by atoms with Gasteiger partial charge in [-0.2, -0.15) is 5.10 Å². The summed E-state index contributed by atoms with van der Waals surface area (Å²) in [6.45, 7) is 4.77. The van der Waals surface area contributed by atoms with Crippen LogP contribution in [0.15, 0.2) is 59.8 Å². The molecule has 10 heteroatoms. The molecule has 0 aliphatic rings. The van der Waals surface area contributed by atoms with Crippen molar-refractivity contribution in [2.24, 2.45) is 0 Å². The smallest absolute Gasteiger partial charge is 0.269 e. The van der Waals surface area contributed by atoms with Gasteiger partial charge in [0, 0.05) is 24.2 Å². The molecule has 2 aromatic carbocycles. The molecule has 0 saturated carbocycles. The fourth-order valence-electron chi connectivity index (χ4n) is 3.50. The monoisotopic (exact) mass is 446 g/mol. The maximum absolute atomic E-state index is 12.9. The molecule has 10 nitrogen and oxygen atoms in total. The summed E-state index contributed by atoms with van der Waals surface area (Å²) in [4.78, 5) is 40.1. The summed E-state index contributed by atoms with van der Waals surface area (Å²) in [5, 5.41) is 18.4. The number of carbonyl (C=O) groups is 1. The summed E-state index contributed by atoms with van der Waals surface area (Å²) in [6.07, 6.45) is 2.84. The molecule has 4 aromatic rings. The van der Waals surface area contributed by atoms with Crippen molar-refractivity contribution >= 4 is 22.6 Å². The zero-order valence-corrected chi connectivity index (χ0v) is 18.2. The van der Waals surface area contributed by atoms with E-state index >= 15 is 0 Å². The molecule has 0 spiro atoms. The van der Waals surface area contributed by atoms with Crippen molar-refractivity contribution in [3.8, 4) is 0 Å². The van der Waals surface area contributed by atoms with Crippen molar-refractivity contribution in [1.29, 1.82) is 0 Å². The quantitative estimate of drug-likeness (QED) is 0.344. The normalized spacial score (nSPS) is 11.0. The van der Waals surface area contributed by atoms with E-state index in [1.807, 2.05) is 26.0 Å². The van der Waals surface area contributed by atoms with Gasteiger partial charge in [-0.15, -0.1) is 0 Å². The summed E-state index contributed by atoms with van der Waals surface area (Å²) in [6, 6.07) is 11.7. The first-order valence-electron chi connectivity index (χ1n) is 10.3. The molecule has 0 atom stereocenters. The van der Waals surface area contributed by atoms with Crippen LogP contribution in [0.1, 0.15) is 27.0 Å². The number of benzene rings is 2. The van der Waals surface area contributed by atoms with Crippen LogP contribution in [0.25, 0.3) is 11.0 Å². The molecule has 2 aromatic heterocycles. The van der Waals surface area contributed by atoms with E-state index in [1.165, 1.54) is 29.2 Å². The lowest BCUT2D eigenvalue weighted by Crippen LogP contribution is -2.28. The Kier molecular flexibility index (Phi) is 5.99. The first-order chi connectivity index (χ1) is 15.8. The van der Waals surface area contributed by atoms with Gasteiger partial charge in [-0.1, -0.05) is 18.2 Å². The number of rotatable bonds is 7. The molecule has 0 radical (unpaired) electrons. The van der Waals surface area contributed by atoms with Gasteiger partial charge in [0.15, 0.2) is 5.65 Å². The van der Waals surface area contributed by atoms with Gasteiger partial charge in [-0.25, -0.2) is 9.67 Å². The van der Waals surface area contributed by atoms with Crippen molar-refractivity contribution in [3.63, 3.8) is 0 Å². The third kappa shape index (κ3) is 4.64. The molecule has 1 amide bonds. The van der Waals surface area contributed by atoms with E-state index in [2.05, 4.69) is 15.4 Å². The van der Waals surface area contributed by atoms with E-state index in [9.17, 15) is 19.7 Å². The number of nitrogens with zero attached hydrogens (tertiary/aromatic N) is 5. The number of amides is 1. The second kappa shape index (κ2) is 9.03. The van der Waals surface area contributed by atoms with Crippen LogP contribution in [0, 0.1) is 24.0 Å². The Morgan fingerprint density at radius 1 is 1.15 bits per heavy atom. The highest BCUT2D eigenvalue weighted by molar-refractivity contribution is 5.94. The summed E-state index contributed by atoms with van der Waals surface area (Å²) in [5.41, 5.74) is 3.46. The number of hydrogen-bond acceptors (Lipinski definition) is 6. The number of carbonyl (C=O) groups excluding carboxylic acids is 1. The van der Waals surface area contributed by atoms with Gasteiger partial charge in [0.05, 0.1) is 24.2 Å². The van der Waals surface area contributed by atoms with Crippen LogP contribution < -0.4 is 10.9 Å². The van der Waals surface area contributed by atoms with Crippen LogP contribution in [0.2, 0.25) is 0 Å². The Hall–Kier alpha value is -4.34. The van der Waals surface area contributed by atoms with E-state index < -0.39 is 4.92 Å². The summed E-state index contributed by atoms with van der Waals surface area (Å²) in [7, 11) is 0. The van der Waals surface area contributed by atoms with Gasteiger partial charge >= 0.3 is 0 Å². The first-order valence-corrected chi connectivity index (χ1v) is 10.3. The average molecular weight is 446 g/mol. The number of nitro groups is 1. The van der Waals surface area contributed by atoms with Gasteiger partial charge in [-0.3, -0.25) is 24.3 Å². The molecule has 0 aliphatic carbocycles. The molecular weight excluding hydrogens is 424 g/mol. The average Bonchev–Trinajstić information content (AvgIpc) is 3.21. The van der Waals surface area contributed by atoms with Gasteiger partial charge in [0.2, 0.25) is 0 Å². The third-order valence-electron chi connectivity index (χ3n) is 5.47. The molecule has 2 heterocycles. The predicted octanol–water partition coefficient (Wildman–Crippen LogP) is 2.60. The summed E-state index contributed by atoms with van der Waals surface area (Å²) >= 11 is 0. The fourth-order valence-corrected chi connectivity index (χ4v) is 3.50. The lowest BCUT2D eigenvalue weighted by molar-refractivity contribution is -0.384. The fraction of sp³-hybridized carbons (Fsp3) is 0.217. The van der Waals surface area contributed by atoms with Crippen molar-refractivity contribution in [3.05, 3.63) is 97.7 Å². The standard InChI is InChI=1S/C23H22N6O4/c1-15-6-7-18(10-16(15)2)22(30)24-8-9-28-21-20(12-26-28)23(31)27(14-25-21)13-17-4-3-5-19(11-17)29(32)33/h3-7,10-12,14H,8-9,13H2,1-2H3,(H,24,30). The third-order valence-corrected chi connectivity index (χ3v) is 5.47. The van der Waals surface area contributed by atoms with Crippen LogP contribution in [-0.4, -0.2) is 36.7 Å². The predicted molar refractivity (Wildman–Crippen MR) is 122 cm³/mol. The maximum Gasteiger partial charge on any atom is 0.269 e. The molecule has 4 rings (SSSR count). The molecule has 168 valence electrons. The SMILES string of the molecule is Cc1ccc(C(=O)NCCn2ncc3c(=O)n(Cc4cccc([N+](=O)[O-])c4)cnc32)cc1C. The van der Waals surface area contributed by atoms with Gasteiger partial charge < -0.3 is 5.32 Å². The maximum atomic E-state index is 12.9. The number of nitro benzene ring substituents is 1. The molecule has 0 fully saturated rings. The topological polar surface area (TPSA) is 125 Å². The zero-order valence-electron chi connectivity index (χ0n) is 18.2. The van der Waals surface area contributed by atoms with Crippen LogP contribution >= 0.6 is 0 Å². The Bertz CT molecular complexity index is 1420. The van der Waals surface area contributed by atoms with Crippen LogP contribution in [-0.2, 0) is 13.1 Å². The Morgan fingerprint density at radius 2 is 1.97 bits per heavy atom. The minimum Gasteiger partial charge on any atom is -0.350 e. The number of aromatic nitrogens is 4. The van der Waals surface area contributed by atoms with Crippen LogP contribution in [0.3, 0.4) is 0 Å². The van der Waals surface area contributed by atoms with Crippen molar-refractivity contribution in [1.82, 2.24) is 24.6 Å². The lowest BCUT2D eigenvalue weighted by atomic mass is 10.1. The highest BCUT2D eigenvalue weighted by Gasteiger charge is 2.13. The van der Waals surface area contributed by atoms with E-state index in [4.69, 9.17) is 0 Å². The minimum absolute atomic E-state index is 0.0368. The molecule has 0 bridgehead atoms. The molecular formula is C23H22N6O4. The van der Waals surface area contributed by atoms with E-state index in [1.54, 1.807) is 22.9 Å². The van der Waals surface area contributed by atoms with Crippen molar-refractivity contribution < 1.29 is 9.72 Å². The Balaban J connectivity index is 1.46. The second-order valence-corrected chi connectivity index (χ2v) is 7.76. The number of hydrogen-bond donors (Lipinski definition) is 1. The van der Waals surface area contributed by atoms with Gasteiger partial charge in [-0.05, 0) is 42.7 Å². The largest absolute Gasteiger partial charge is 0.350 e. The minimum atomic E-state index is -0.476. The van der Waals surface area contributed by atoms with Crippen molar-refractivity contribution in [2.75, 3.05) is 6.54 Å². The first kappa shape index (κ1) is 21.9. The molecule has 33 heavy (non-hydrogen) atoms. The zero-order chi connectivity index (χ0) is 23.5. The van der Waals surface area contributed by atoms with Crippen LogP contribution in [0.5, 0.6) is 0 Å². The van der Waals surface area contributed by atoms with Gasteiger partial charge in [0.1, 0.15) is 11.7 Å².